The van der Waals surface area contributed by atoms with Gasteiger partial charge in [0.05, 0.1) is 31.4 Å². The van der Waals surface area contributed by atoms with Crippen LogP contribution in [0.25, 0.3) is 10.4 Å². The molecule has 0 aliphatic carbocycles. The number of amides is 1. The third kappa shape index (κ3) is 4.70. The van der Waals surface area contributed by atoms with Crippen LogP contribution >= 0.6 is 11.3 Å². The van der Waals surface area contributed by atoms with Gasteiger partial charge in [-0.1, -0.05) is 12.1 Å². The molecule has 0 atom stereocenters. The predicted octanol–water partition coefficient (Wildman–Crippen LogP) is 4.77. The number of carbonyl (C=O) groups excluding carboxylic acids is 2. The summed E-state index contributed by atoms with van der Waals surface area (Å²) in [6, 6.07) is 12.5. The first-order valence-electron chi connectivity index (χ1n) is 9.47. The second-order valence-corrected chi connectivity index (χ2v) is 7.42. The molecule has 0 spiro atoms. The summed E-state index contributed by atoms with van der Waals surface area (Å²) in [4.78, 5) is 36.8. The van der Waals surface area contributed by atoms with Crippen molar-refractivity contribution in [2.45, 2.75) is 6.92 Å². The first-order valence-corrected chi connectivity index (χ1v) is 10.3. The maximum Gasteiger partial charge on any atom is 0.350 e. The fourth-order valence-electron chi connectivity index (χ4n) is 2.98. The van der Waals surface area contributed by atoms with Crippen molar-refractivity contribution in [1.29, 1.82) is 0 Å². The maximum absolute atomic E-state index is 12.8. The largest absolute Gasteiger partial charge is 0.493 e. The summed E-state index contributed by atoms with van der Waals surface area (Å²) in [5.41, 5.74) is 0.468. The average Bonchev–Trinajstić information content (AvgIpc) is 3.22. The lowest BCUT2D eigenvalue weighted by molar-refractivity contribution is -0.385. The number of thiophene rings is 1. The van der Waals surface area contributed by atoms with Crippen LogP contribution in [0.5, 0.6) is 11.5 Å². The Morgan fingerprint density at radius 3 is 2.44 bits per heavy atom. The van der Waals surface area contributed by atoms with Crippen molar-refractivity contribution in [3.63, 3.8) is 0 Å². The number of hydrogen-bond acceptors (Lipinski definition) is 8. The minimum absolute atomic E-state index is 0.119. The van der Waals surface area contributed by atoms with Crippen LogP contribution in [0.3, 0.4) is 0 Å². The number of nitrogens with one attached hydrogen (secondary N) is 1. The highest BCUT2D eigenvalue weighted by Gasteiger charge is 2.24. The van der Waals surface area contributed by atoms with Crippen LogP contribution in [0.1, 0.15) is 27.0 Å². The van der Waals surface area contributed by atoms with E-state index >= 15 is 0 Å². The third-order valence-corrected chi connectivity index (χ3v) is 5.62. The van der Waals surface area contributed by atoms with Gasteiger partial charge in [0.2, 0.25) is 0 Å². The Morgan fingerprint density at radius 1 is 1.06 bits per heavy atom. The van der Waals surface area contributed by atoms with Crippen LogP contribution in [0.4, 0.5) is 11.4 Å². The smallest absolute Gasteiger partial charge is 0.350 e. The van der Waals surface area contributed by atoms with Gasteiger partial charge in [-0.15, -0.1) is 11.3 Å². The molecule has 0 fully saturated rings. The standard InChI is InChI=1S/C22H20N2O7S/c1-4-31-22(26)20-15(23-21(25)14-7-5-6-8-16(14)24(27)28)12-19(32-20)13-9-10-17(29-2)18(11-13)30-3/h5-12H,4H2,1-3H3,(H,23,25). The Bertz CT molecular complexity index is 1170. The molecule has 2 aromatic carbocycles. The highest BCUT2D eigenvalue weighted by Crippen LogP contribution is 2.39. The van der Waals surface area contributed by atoms with Crippen molar-refractivity contribution in [2.24, 2.45) is 0 Å². The lowest BCUT2D eigenvalue weighted by Gasteiger charge is -2.08. The van der Waals surface area contributed by atoms with Crippen LogP contribution in [-0.4, -0.2) is 37.6 Å². The number of para-hydroxylation sites is 1. The predicted molar refractivity (Wildman–Crippen MR) is 120 cm³/mol. The summed E-state index contributed by atoms with van der Waals surface area (Å²) in [5, 5.41) is 13.9. The molecule has 0 saturated heterocycles. The molecule has 1 aromatic heterocycles. The molecule has 0 unspecified atom stereocenters. The molecule has 0 radical (unpaired) electrons. The van der Waals surface area contributed by atoms with E-state index < -0.39 is 16.8 Å². The van der Waals surface area contributed by atoms with Gasteiger partial charge >= 0.3 is 5.97 Å². The van der Waals surface area contributed by atoms with Crippen molar-refractivity contribution in [2.75, 3.05) is 26.1 Å². The molecule has 1 amide bonds. The number of nitrogens with zero attached hydrogens (tertiary/aromatic N) is 1. The quantitative estimate of drug-likeness (QED) is 0.295. The molecule has 3 aromatic rings. The van der Waals surface area contributed by atoms with E-state index in [2.05, 4.69) is 5.32 Å². The molecule has 3 rings (SSSR count). The fourth-order valence-corrected chi connectivity index (χ4v) is 3.98. The van der Waals surface area contributed by atoms with Crippen molar-refractivity contribution >= 4 is 34.6 Å². The number of ether oxygens (including phenoxy) is 3. The van der Waals surface area contributed by atoms with Crippen molar-refractivity contribution in [1.82, 2.24) is 0 Å². The summed E-state index contributed by atoms with van der Waals surface area (Å²) >= 11 is 1.12. The van der Waals surface area contributed by atoms with E-state index in [4.69, 9.17) is 14.2 Å². The second kappa shape index (κ2) is 9.92. The van der Waals surface area contributed by atoms with Crippen LogP contribution < -0.4 is 14.8 Å². The summed E-state index contributed by atoms with van der Waals surface area (Å²) < 4.78 is 15.7. The normalized spacial score (nSPS) is 10.3. The third-order valence-electron chi connectivity index (χ3n) is 4.45. The monoisotopic (exact) mass is 456 g/mol. The van der Waals surface area contributed by atoms with Gasteiger partial charge in [-0.05, 0) is 42.8 Å². The Morgan fingerprint density at radius 2 is 1.78 bits per heavy atom. The van der Waals surface area contributed by atoms with Gasteiger partial charge in [-0.3, -0.25) is 14.9 Å². The Hall–Kier alpha value is -3.92. The van der Waals surface area contributed by atoms with E-state index in [1.807, 2.05) is 0 Å². The number of anilines is 1. The first-order chi connectivity index (χ1) is 15.4. The molecule has 0 aliphatic heterocycles. The van der Waals surface area contributed by atoms with E-state index in [0.717, 1.165) is 16.9 Å². The number of rotatable bonds is 8. The highest BCUT2D eigenvalue weighted by atomic mass is 32.1. The minimum atomic E-state index is -0.709. The highest BCUT2D eigenvalue weighted by molar-refractivity contribution is 7.18. The summed E-state index contributed by atoms with van der Waals surface area (Å²) in [6.07, 6.45) is 0. The molecular weight excluding hydrogens is 436 g/mol. The lowest BCUT2D eigenvalue weighted by atomic mass is 10.1. The first kappa shape index (κ1) is 22.8. The van der Waals surface area contributed by atoms with Crippen molar-refractivity contribution in [3.8, 4) is 21.9 Å². The Kier molecular flexibility index (Phi) is 7.06. The van der Waals surface area contributed by atoms with Crippen LogP contribution in [-0.2, 0) is 4.74 Å². The second-order valence-electron chi connectivity index (χ2n) is 6.37. The molecule has 1 heterocycles. The molecule has 32 heavy (non-hydrogen) atoms. The number of esters is 1. The zero-order valence-electron chi connectivity index (χ0n) is 17.5. The number of methoxy groups -OCH3 is 2. The summed E-state index contributed by atoms with van der Waals surface area (Å²) in [7, 11) is 3.04. The Labute approximate surface area is 187 Å². The molecular formula is C22H20N2O7S. The lowest BCUT2D eigenvalue weighted by Crippen LogP contribution is -2.15. The number of nitro groups is 1. The SMILES string of the molecule is CCOC(=O)c1sc(-c2ccc(OC)c(OC)c2)cc1NC(=O)c1ccccc1[N+](=O)[O-]. The van der Waals surface area contributed by atoms with Crippen molar-refractivity contribution in [3.05, 3.63) is 69.1 Å². The zero-order chi connectivity index (χ0) is 23.3. The number of carbonyl (C=O) groups is 2. The molecule has 1 N–H and O–H groups in total. The topological polar surface area (TPSA) is 117 Å². The van der Waals surface area contributed by atoms with E-state index in [-0.39, 0.29) is 28.4 Å². The van der Waals surface area contributed by atoms with Gasteiger partial charge < -0.3 is 19.5 Å². The molecule has 0 aliphatic rings. The zero-order valence-corrected chi connectivity index (χ0v) is 18.4. The summed E-state index contributed by atoms with van der Waals surface area (Å²) in [6.45, 7) is 1.83. The van der Waals surface area contributed by atoms with E-state index in [9.17, 15) is 19.7 Å². The van der Waals surface area contributed by atoms with E-state index in [1.165, 1.54) is 38.5 Å². The van der Waals surface area contributed by atoms with E-state index in [1.54, 1.807) is 31.2 Å². The van der Waals surface area contributed by atoms with Gasteiger partial charge in [0.25, 0.3) is 11.6 Å². The van der Waals surface area contributed by atoms with Gasteiger partial charge in [0.15, 0.2) is 11.5 Å². The van der Waals surface area contributed by atoms with Gasteiger partial charge in [0, 0.05) is 10.9 Å². The van der Waals surface area contributed by atoms with E-state index in [0.29, 0.717) is 16.4 Å². The molecule has 9 nitrogen and oxygen atoms in total. The van der Waals surface area contributed by atoms with Crippen LogP contribution in [0.2, 0.25) is 0 Å². The van der Waals surface area contributed by atoms with Gasteiger partial charge in [0.1, 0.15) is 10.4 Å². The van der Waals surface area contributed by atoms with Gasteiger partial charge in [-0.2, -0.15) is 0 Å². The molecule has 0 bridgehead atoms. The Balaban J connectivity index is 2.02. The molecule has 0 saturated carbocycles. The van der Waals surface area contributed by atoms with Crippen LogP contribution in [0, 0.1) is 10.1 Å². The van der Waals surface area contributed by atoms with Crippen molar-refractivity contribution < 1.29 is 28.7 Å². The van der Waals surface area contributed by atoms with Crippen LogP contribution in [0.15, 0.2) is 48.5 Å². The minimum Gasteiger partial charge on any atom is -0.493 e. The van der Waals surface area contributed by atoms with Gasteiger partial charge in [-0.25, -0.2) is 4.79 Å². The molecule has 10 heteroatoms. The number of hydrogen-bond donors (Lipinski definition) is 1. The number of nitro benzene ring substituents is 1. The number of benzene rings is 2. The fraction of sp³-hybridized carbons (Fsp3) is 0.182. The maximum atomic E-state index is 12.8. The average molecular weight is 456 g/mol. The summed E-state index contributed by atoms with van der Waals surface area (Å²) in [5.74, 6) is -0.272. The molecule has 166 valence electrons.